The second kappa shape index (κ2) is 4.49. The highest BCUT2D eigenvalue weighted by Crippen LogP contribution is 2.24. The normalized spacial score (nSPS) is 11.2. The number of unbranched alkanes of at least 4 members (excludes halogenated alkanes) is 1. The predicted molar refractivity (Wildman–Crippen MR) is 57.6 cm³/mol. The van der Waals surface area contributed by atoms with Gasteiger partial charge in [-0.05, 0) is 33.6 Å². The van der Waals surface area contributed by atoms with Gasteiger partial charge >= 0.3 is 0 Å². The molecule has 80 valence electrons. The Kier molecular flexibility index (Phi) is 3.55. The van der Waals surface area contributed by atoms with E-state index in [4.69, 9.17) is 0 Å². The third-order valence-electron chi connectivity index (χ3n) is 2.47. The Labute approximate surface area is 85.8 Å². The van der Waals surface area contributed by atoms with E-state index in [1.54, 1.807) is 4.68 Å². The number of hydrogen-bond acceptors (Lipinski definition) is 2. The largest absolute Gasteiger partial charge is 0.493 e. The van der Waals surface area contributed by atoms with Gasteiger partial charge in [0.05, 0.1) is 11.7 Å². The van der Waals surface area contributed by atoms with Crippen LogP contribution in [0.1, 0.15) is 50.9 Å². The second-order valence-corrected chi connectivity index (χ2v) is 4.04. The molecular weight excluding hydrogens is 176 g/mol. The minimum absolute atomic E-state index is 0.226. The van der Waals surface area contributed by atoms with Crippen molar-refractivity contribution in [1.82, 2.24) is 9.78 Å². The van der Waals surface area contributed by atoms with Crippen molar-refractivity contribution in [2.45, 2.75) is 53.0 Å². The Bertz CT molecular complexity index is 302. The number of aryl methyl sites for hydroxylation is 1. The molecule has 1 rings (SSSR count). The van der Waals surface area contributed by atoms with Crippen LogP contribution in [0.3, 0.4) is 0 Å². The van der Waals surface area contributed by atoms with E-state index in [1.807, 2.05) is 20.8 Å². The molecule has 3 heteroatoms. The maximum absolute atomic E-state index is 9.79. The van der Waals surface area contributed by atoms with Crippen molar-refractivity contribution in [1.29, 1.82) is 0 Å². The summed E-state index contributed by atoms with van der Waals surface area (Å²) in [5, 5.41) is 14.2. The molecule has 0 aliphatic carbocycles. The zero-order chi connectivity index (χ0) is 10.7. The van der Waals surface area contributed by atoms with Crippen LogP contribution in [0.25, 0.3) is 0 Å². The van der Waals surface area contributed by atoms with Gasteiger partial charge in [0, 0.05) is 5.56 Å². The van der Waals surface area contributed by atoms with Gasteiger partial charge in [0.25, 0.3) is 0 Å². The molecule has 0 amide bonds. The van der Waals surface area contributed by atoms with Gasteiger partial charge in [0.15, 0.2) is 0 Å². The van der Waals surface area contributed by atoms with E-state index in [-0.39, 0.29) is 6.04 Å². The van der Waals surface area contributed by atoms with E-state index in [2.05, 4.69) is 12.0 Å². The van der Waals surface area contributed by atoms with E-state index in [0.717, 1.165) is 30.5 Å². The molecule has 0 aromatic carbocycles. The molecular formula is C11H20N2O. The van der Waals surface area contributed by atoms with Crippen LogP contribution in [0, 0.1) is 6.92 Å². The highest BCUT2D eigenvalue weighted by Gasteiger charge is 2.14. The molecule has 3 nitrogen and oxygen atoms in total. The Hall–Kier alpha value is -0.990. The molecule has 14 heavy (non-hydrogen) atoms. The Morgan fingerprint density at radius 1 is 1.43 bits per heavy atom. The second-order valence-electron chi connectivity index (χ2n) is 4.04. The number of nitrogens with zero attached hydrogens (tertiary/aromatic N) is 2. The Morgan fingerprint density at radius 3 is 2.50 bits per heavy atom. The van der Waals surface area contributed by atoms with Crippen molar-refractivity contribution in [2.24, 2.45) is 0 Å². The molecule has 0 unspecified atom stereocenters. The molecule has 0 saturated heterocycles. The quantitative estimate of drug-likeness (QED) is 0.804. The summed E-state index contributed by atoms with van der Waals surface area (Å²) in [5.41, 5.74) is 1.98. The van der Waals surface area contributed by atoms with Gasteiger partial charge in [-0.15, -0.1) is 0 Å². The maximum atomic E-state index is 9.79. The van der Waals surface area contributed by atoms with Gasteiger partial charge in [-0.1, -0.05) is 13.3 Å². The predicted octanol–water partition coefficient (Wildman–Crippen LogP) is 2.82. The SMILES string of the molecule is CCCCc1nn(C(C)C)c(O)c1C. The number of rotatable bonds is 4. The molecule has 0 radical (unpaired) electrons. The summed E-state index contributed by atoms with van der Waals surface area (Å²) in [6.45, 7) is 8.15. The van der Waals surface area contributed by atoms with Gasteiger partial charge in [0.1, 0.15) is 0 Å². The van der Waals surface area contributed by atoms with Crippen LogP contribution in [-0.4, -0.2) is 14.9 Å². The van der Waals surface area contributed by atoms with E-state index in [0.29, 0.717) is 5.88 Å². The molecule has 0 saturated carbocycles. The highest BCUT2D eigenvalue weighted by molar-refractivity contribution is 5.29. The minimum atomic E-state index is 0.226. The molecule has 1 N–H and O–H groups in total. The zero-order valence-electron chi connectivity index (χ0n) is 9.54. The number of hydrogen-bond donors (Lipinski definition) is 1. The number of aromatic nitrogens is 2. The average Bonchev–Trinajstić information content (AvgIpc) is 2.42. The first-order valence-corrected chi connectivity index (χ1v) is 5.34. The molecule has 0 bridgehead atoms. The van der Waals surface area contributed by atoms with Crippen LogP contribution in [-0.2, 0) is 6.42 Å². The molecule has 1 aromatic rings. The van der Waals surface area contributed by atoms with E-state index < -0.39 is 0 Å². The van der Waals surface area contributed by atoms with Crippen molar-refractivity contribution < 1.29 is 5.11 Å². The third kappa shape index (κ3) is 2.08. The van der Waals surface area contributed by atoms with E-state index in [9.17, 15) is 5.11 Å². The van der Waals surface area contributed by atoms with Crippen molar-refractivity contribution in [3.8, 4) is 5.88 Å². The fraction of sp³-hybridized carbons (Fsp3) is 0.727. The van der Waals surface area contributed by atoms with Gasteiger partial charge < -0.3 is 5.11 Å². The van der Waals surface area contributed by atoms with Gasteiger partial charge in [-0.3, -0.25) is 0 Å². The molecule has 1 heterocycles. The van der Waals surface area contributed by atoms with Crippen molar-refractivity contribution in [2.75, 3.05) is 0 Å². The lowest BCUT2D eigenvalue weighted by molar-refractivity contribution is 0.374. The van der Waals surface area contributed by atoms with Crippen LogP contribution < -0.4 is 0 Å². The van der Waals surface area contributed by atoms with Gasteiger partial charge in [-0.2, -0.15) is 5.10 Å². The van der Waals surface area contributed by atoms with E-state index in [1.165, 1.54) is 0 Å². The fourth-order valence-electron chi connectivity index (χ4n) is 1.50. The lowest BCUT2D eigenvalue weighted by atomic mass is 10.1. The van der Waals surface area contributed by atoms with Crippen LogP contribution in [0.15, 0.2) is 0 Å². The van der Waals surface area contributed by atoms with E-state index >= 15 is 0 Å². The highest BCUT2D eigenvalue weighted by atomic mass is 16.3. The number of aromatic hydroxyl groups is 1. The maximum Gasteiger partial charge on any atom is 0.212 e. The van der Waals surface area contributed by atoms with Gasteiger partial charge in [0.2, 0.25) is 5.88 Å². The van der Waals surface area contributed by atoms with Crippen LogP contribution in [0.4, 0.5) is 0 Å². The summed E-state index contributed by atoms with van der Waals surface area (Å²) in [5.74, 6) is 0.325. The average molecular weight is 196 g/mol. The zero-order valence-corrected chi connectivity index (χ0v) is 9.54. The monoisotopic (exact) mass is 196 g/mol. The molecule has 1 aromatic heterocycles. The van der Waals surface area contributed by atoms with Crippen molar-refractivity contribution in [3.63, 3.8) is 0 Å². The molecule has 0 spiro atoms. The fourth-order valence-corrected chi connectivity index (χ4v) is 1.50. The summed E-state index contributed by atoms with van der Waals surface area (Å²) in [6.07, 6.45) is 3.26. The molecule has 0 atom stereocenters. The summed E-state index contributed by atoms with van der Waals surface area (Å²) >= 11 is 0. The standard InChI is InChI=1S/C11H20N2O/c1-5-6-7-10-9(4)11(14)13(12-10)8(2)3/h8,14H,5-7H2,1-4H3. The summed E-state index contributed by atoms with van der Waals surface area (Å²) < 4.78 is 1.69. The lowest BCUT2D eigenvalue weighted by Gasteiger charge is -2.05. The Balaban J connectivity index is 2.91. The summed E-state index contributed by atoms with van der Waals surface area (Å²) in [4.78, 5) is 0. The Morgan fingerprint density at radius 2 is 2.07 bits per heavy atom. The van der Waals surface area contributed by atoms with Crippen LogP contribution in [0.2, 0.25) is 0 Å². The first-order valence-electron chi connectivity index (χ1n) is 5.34. The third-order valence-corrected chi connectivity index (χ3v) is 2.47. The summed E-state index contributed by atoms with van der Waals surface area (Å²) in [7, 11) is 0. The molecule has 0 aliphatic heterocycles. The first kappa shape index (κ1) is 11.1. The molecule has 0 aliphatic rings. The van der Waals surface area contributed by atoms with Crippen LogP contribution in [0.5, 0.6) is 5.88 Å². The van der Waals surface area contributed by atoms with Crippen LogP contribution >= 0.6 is 0 Å². The summed E-state index contributed by atoms with van der Waals surface area (Å²) in [6, 6.07) is 0.226. The minimum Gasteiger partial charge on any atom is -0.493 e. The van der Waals surface area contributed by atoms with Gasteiger partial charge in [-0.25, -0.2) is 4.68 Å². The van der Waals surface area contributed by atoms with Crippen molar-refractivity contribution in [3.05, 3.63) is 11.3 Å². The van der Waals surface area contributed by atoms with Crippen molar-refractivity contribution >= 4 is 0 Å². The lowest BCUT2D eigenvalue weighted by Crippen LogP contribution is -2.02. The first-order chi connectivity index (χ1) is 6.57. The topological polar surface area (TPSA) is 38.0 Å². The molecule has 0 fully saturated rings. The smallest absolute Gasteiger partial charge is 0.212 e.